The van der Waals surface area contributed by atoms with E-state index in [4.69, 9.17) is 5.73 Å². The molecule has 0 spiro atoms. The molecular formula is C16H22N4. The first-order valence-corrected chi connectivity index (χ1v) is 7.30. The molecule has 3 N–H and O–H groups in total. The van der Waals surface area contributed by atoms with E-state index in [2.05, 4.69) is 54.7 Å². The number of benzene rings is 1. The average Bonchev–Trinajstić information content (AvgIpc) is 3.05. The van der Waals surface area contributed by atoms with Crippen LogP contribution in [0.25, 0.3) is 0 Å². The average molecular weight is 270 g/mol. The third-order valence-corrected chi connectivity index (χ3v) is 4.23. The predicted molar refractivity (Wildman–Crippen MR) is 80.3 cm³/mol. The van der Waals surface area contributed by atoms with Crippen LogP contribution in [0.3, 0.4) is 0 Å². The van der Waals surface area contributed by atoms with Gasteiger partial charge in [0.15, 0.2) is 0 Å². The highest BCUT2D eigenvalue weighted by molar-refractivity contribution is 5.37. The summed E-state index contributed by atoms with van der Waals surface area (Å²) < 4.78 is 1.96. The van der Waals surface area contributed by atoms with Gasteiger partial charge in [-0.3, -0.25) is 4.68 Å². The van der Waals surface area contributed by atoms with Crippen molar-refractivity contribution in [2.75, 3.05) is 0 Å². The molecule has 0 fully saturated rings. The highest BCUT2D eigenvalue weighted by atomic mass is 15.3. The quantitative estimate of drug-likeness (QED) is 0.895. The lowest BCUT2D eigenvalue weighted by Gasteiger charge is -2.22. The maximum Gasteiger partial charge on any atom is 0.0537 e. The van der Waals surface area contributed by atoms with E-state index < -0.39 is 0 Å². The maximum atomic E-state index is 6.37. The van der Waals surface area contributed by atoms with Gasteiger partial charge in [-0.05, 0) is 31.4 Å². The van der Waals surface area contributed by atoms with Crippen LogP contribution in [0.1, 0.15) is 42.6 Å². The first-order valence-electron chi connectivity index (χ1n) is 7.30. The topological polar surface area (TPSA) is 55.9 Å². The second-order valence-electron chi connectivity index (χ2n) is 5.55. The fraction of sp³-hybridized carbons (Fsp3) is 0.438. The van der Waals surface area contributed by atoms with Crippen molar-refractivity contribution >= 4 is 0 Å². The standard InChI is InChI=1S/C16H22N4/c1-3-20-10-13(9-18-20)11(2)19-15-8-12-6-4-5-7-14(12)16(15)17/h4-7,9-11,15-16,19H,3,8,17H2,1-2H3/t11?,15-,16-/m1/s1. The fourth-order valence-electron chi connectivity index (χ4n) is 2.98. The third-order valence-electron chi connectivity index (χ3n) is 4.23. The minimum atomic E-state index is 0.0786. The number of hydrogen-bond donors (Lipinski definition) is 2. The molecule has 20 heavy (non-hydrogen) atoms. The molecule has 0 saturated carbocycles. The monoisotopic (exact) mass is 270 g/mol. The summed E-state index contributed by atoms with van der Waals surface area (Å²) in [6, 6.07) is 9.11. The van der Waals surface area contributed by atoms with Crippen LogP contribution < -0.4 is 11.1 Å². The number of aryl methyl sites for hydroxylation is 1. The molecule has 1 aromatic carbocycles. The predicted octanol–water partition coefficient (Wildman–Crippen LogP) is 2.18. The molecule has 1 aliphatic carbocycles. The number of hydrogen-bond acceptors (Lipinski definition) is 3. The zero-order valence-corrected chi connectivity index (χ0v) is 12.1. The number of fused-ring (bicyclic) bond motifs is 1. The highest BCUT2D eigenvalue weighted by Crippen LogP contribution is 2.30. The lowest BCUT2D eigenvalue weighted by molar-refractivity contribution is 0.418. The minimum absolute atomic E-state index is 0.0786. The number of rotatable bonds is 4. The van der Waals surface area contributed by atoms with Gasteiger partial charge in [-0.15, -0.1) is 0 Å². The molecule has 3 atom stereocenters. The van der Waals surface area contributed by atoms with Gasteiger partial charge < -0.3 is 11.1 Å². The van der Waals surface area contributed by atoms with E-state index in [1.807, 2.05) is 10.9 Å². The van der Waals surface area contributed by atoms with Crippen LogP contribution in [0.15, 0.2) is 36.7 Å². The van der Waals surface area contributed by atoms with Crippen molar-refractivity contribution < 1.29 is 0 Å². The van der Waals surface area contributed by atoms with E-state index in [1.165, 1.54) is 16.7 Å². The van der Waals surface area contributed by atoms with Gasteiger partial charge in [-0.1, -0.05) is 24.3 Å². The van der Waals surface area contributed by atoms with Crippen molar-refractivity contribution in [3.05, 3.63) is 53.3 Å². The van der Waals surface area contributed by atoms with Gasteiger partial charge in [-0.2, -0.15) is 5.10 Å². The largest absolute Gasteiger partial charge is 0.323 e. The van der Waals surface area contributed by atoms with Gasteiger partial charge in [0.1, 0.15) is 0 Å². The molecule has 0 aliphatic heterocycles. The Morgan fingerprint density at radius 1 is 1.45 bits per heavy atom. The Kier molecular flexibility index (Phi) is 3.59. The van der Waals surface area contributed by atoms with Crippen LogP contribution in [-0.2, 0) is 13.0 Å². The molecule has 4 nitrogen and oxygen atoms in total. The summed E-state index contributed by atoms with van der Waals surface area (Å²) in [6.45, 7) is 5.17. The molecule has 0 amide bonds. The zero-order valence-electron chi connectivity index (χ0n) is 12.1. The number of nitrogens with one attached hydrogen (secondary N) is 1. The second kappa shape index (κ2) is 5.38. The van der Waals surface area contributed by atoms with Crippen molar-refractivity contribution in [1.29, 1.82) is 0 Å². The van der Waals surface area contributed by atoms with Gasteiger partial charge in [0.05, 0.1) is 6.20 Å². The molecule has 4 heteroatoms. The van der Waals surface area contributed by atoms with Crippen molar-refractivity contribution in [3.8, 4) is 0 Å². The smallest absolute Gasteiger partial charge is 0.0537 e. The summed E-state index contributed by atoms with van der Waals surface area (Å²) in [4.78, 5) is 0. The summed E-state index contributed by atoms with van der Waals surface area (Å²) in [5.74, 6) is 0. The van der Waals surface area contributed by atoms with E-state index in [0.717, 1.165) is 13.0 Å². The molecule has 0 bridgehead atoms. The molecule has 0 saturated heterocycles. The third kappa shape index (κ3) is 2.37. The van der Waals surface area contributed by atoms with Crippen LogP contribution in [0.4, 0.5) is 0 Å². The summed E-state index contributed by atoms with van der Waals surface area (Å²) in [6.07, 6.45) is 5.05. The van der Waals surface area contributed by atoms with Gasteiger partial charge in [-0.25, -0.2) is 0 Å². The Labute approximate surface area is 120 Å². The lowest BCUT2D eigenvalue weighted by Crippen LogP contribution is -2.38. The zero-order chi connectivity index (χ0) is 14.1. The summed E-state index contributed by atoms with van der Waals surface area (Å²) >= 11 is 0. The lowest BCUT2D eigenvalue weighted by atomic mass is 10.1. The van der Waals surface area contributed by atoms with E-state index in [1.54, 1.807) is 0 Å². The van der Waals surface area contributed by atoms with Crippen LogP contribution in [0.2, 0.25) is 0 Å². The van der Waals surface area contributed by atoms with Crippen LogP contribution in [-0.4, -0.2) is 15.8 Å². The Bertz CT molecular complexity index is 590. The SMILES string of the molecule is CCn1cc(C(C)N[C@@H]2Cc3ccccc3[C@H]2N)cn1. The van der Waals surface area contributed by atoms with Crippen molar-refractivity contribution in [2.45, 2.75) is 44.9 Å². The molecule has 106 valence electrons. The minimum Gasteiger partial charge on any atom is -0.323 e. The molecule has 1 aliphatic rings. The maximum absolute atomic E-state index is 6.37. The van der Waals surface area contributed by atoms with E-state index in [-0.39, 0.29) is 12.1 Å². The van der Waals surface area contributed by atoms with Crippen LogP contribution in [0.5, 0.6) is 0 Å². The molecule has 2 aromatic rings. The Balaban J connectivity index is 1.70. The summed E-state index contributed by atoms with van der Waals surface area (Å²) in [5.41, 5.74) is 10.2. The van der Waals surface area contributed by atoms with Gasteiger partial charge in [0.25, 0.3) is 0 Å². The molecule has 0 radical (unpaired) electrons. The van der Waals surface area contributed by atoms with Crippen molar-refractivity contribution in [1.82, 2.24) is 15.1 Å². The molecule has 1 aromatic heterocycles. The summed E-state index contributed by atoms with van der Waals surface area (Å²) in [7, 11) is 0. The van der Waals surface area contributed by atoms with Crippen molar-refractivity contribution in [2.24, 2.45) is 5.73 Å². The Hall–Kier alpha value is -1.65. The van der Waals surface area contributed by atoms with E-state index in [9.17, 15) is 0 Å². The van der Waals surface area contributed by atoms with Gasteiger partial charge in [0, 0.05) is 36.4 Å². The number of nitrogens with two attached hydrogens (primary N) is 1. The number of aromatic nitrogens is 2. The van der Waals surface area contributed by atoms with E-state index in [0.29, 0.717) is 6.04 Å². The van der Waals surface area contributed by atoms with Crippen molar-refractivity contribution in [3.63, 3.8) is 0 Å². The first-order chi connectivity index (χ1) is 9.69. The first kappa shape index (κ1) is 13.3. The Morgan fingerprint density at radius 2 is 2.25 bits per heavy atom. The normalized spacial score (nSPS) is 22.8. The fourth-order valence-corrected chi connectivity index (χ4v) is 2.98. The van der Waals surface area contributed by atoms with Crippen LogP contribution in [0, 0.1) is 0 Å². The molecule has 1 heterocycles. The van der Waals surface area contributed by atoms with E-state index >= 15 is 0 Å². The molecule has 1 unspecified atom stereocenters. The molecule has 3 rings (SSSR count). The summed E-state index contributed by atoms with van der Waals surface area (Å²) in [5, 5.41) is 7.99. The van der Waals surface area contributed by atoms with Crippen LogP contribution >= 0.6 is 0 Å². The highest BCUT2D eigenvalue weighted by Gasteiger charge is 2.30. The number of nitrogens with zero attached hydrogens (tertiary/aromatic N) is 2. The second-order valence-corrected chi connectivity index (χ2v) is 5.55. The van der Waals surface area contributed by atoms with Gasteiger partial charge >= 0.3 is 0 Å². The molecular weight excluding hydrogens is 248 g/mol. The Morgan fingerprint density at radius 3 is 2.95 bits per heavy atom. The van der Waals surface area contributed by atoms with Gasteiger partial charge in [0.2, 0.25) is 0 Å².